The Morgan fingerprint density at radius 3 is 2.41 bits per heavy atom. The monoisotopic (exact) mass is 311 g/mol. The van der Waals surface area contributed by atoms with Crippen molar-refractivity contribution in [1.82, 2.24) is 14.7 Å². The van der Waals surface area contributed by atoms with Gasteiger partial charge in [-0.3, -0.25) is 4.90 Å². The number of methoxy groups -OCH3 is 1. The SMILES string of the molecule is CC.CCC.CCc1cnn2c1OCC(N1CC(OC)C1)C2. The molecule has 22 heavy (non-hydrogen) atoms. The summed E-state index contributed by atoms with van der Waals surface area (Å²) in [6, 6.07) is 0.443. The number of rotatable bonds is 3. The molecule has 3 rings (SSSR count). The fraction of sp³-hybridized carbons (Fsp3) is 0.824. The van der Waals surface area contributed by atoms with Crippen molar-refractivity contribution < 1.29 is 9.47 Å². The van der Waals surface area contributed by atoms with Crippen LogP contribution in [-0.2, 0) is 17.7 Å². The highest BCUT2D eigenvalue weighted by molar-refractivity contribution is 5.25. The molecule has 5 heteroatoms. The summed E-state index contributed by atoms with van der Waals surface area (Å²) in [4.78, 5) is 2.41. The molecule has 0 spiro atoms. The zero-order valence-electron chi connectivity index (χ0n) is 15.1. The smallest absolute Gasteiger partial charge is 0.215 e. The Labute approximate surface area is 135 Å². The maximum absolute atomic E-state index is 5.84. The molecule has 0 N–H and O–H groups in total. The molecule has 1 unspecified atom stereocenters. The number of aromatic nitrogens is 2. The van der Waals surface area contributed by atoms with Gasteiger partial charge in [-0.05, 0) is 6.42 Å². The predicted octanol–water partition coefficient (Wildman–Crippen LogP) is 2.98. The van der Waals surface area contributed by atoms with Gasteiger partial charge >= 0.3 is 0 Å². The quantitative estimate of drug-likeness (QED) is 0.860. The van der Waals surface area contributed by atoms with Gasteiger partial charge in [0.2, 0.25) is 5.88 Å². The van der Waals surface area contributed by atoms with E-state index in [9.17, 15) is 0 Å². The van der Waals surface area contributed by atoms with Gasteiger partial charge in [0.05, 0.1) is 24.9 Å². The molecule has 1 aromatic heterocycles. The second kappa shape index (κ2) is 9.85. The zero-order valence-corrected chi connectivity index (χ0v) is 15.1. The fourth-order valence-electron chi connectivity index (χ4n) is 2.52. The number of fused-ring (bicyclic) bond motifs is 1. The molecule has 1 aromatic rings. The lowest BCUT2D eigenvalue weighted by Crippen LogP contribution is -2.59. The van der Waals surface area contributed by atoms with Crippen LogP contribution in [0.15, 0.2) is 6.20 Å². The summed E-state index contributed by atoms with van der Waals surface area (Å²) in [5.41, 5.74) is 1.21. The van der Waals surface area contributed by atoms with E-state index in [-0.39, 0.29) is 0 Å². The Kier molecular flexibility index (Phi) is 8.49. The van der Waals surface area contributed by atoms with Crippen LogP contribution in [0.5, 0.6) is 5.88 Å². The minimum absolute atomic E-state index is 0.403. The van der Waals surface area contributed by atoms with Gasteiger partial charge in [0.1, 0.15) is 6.61 Å². The van der Waals surface area contributed by atoms with Crippen LogP contribution in [0.2, 0.25) is 0 Å². The molecule has 1 saturated heterocycles. The molecule has 2 aliphatic rings. The summed E-state index contributed by atoms with van der Waals surface area (Å²) in [7, 11) is 1.78. The Morgan fingerprint density at radius 2 is 1.86 bits per heavy atom. The van der Waals surface area contributed by atoms with E-state index in [1.54, 1.807) is 7.11 Å². The van der Waals surface area contributed by atoms with E-state index in [1.807, 2.05) is 24.7 Å². The molecule has 5 nitrogen and oxygen atoms in total. The van der Waals surface area contributed by atoms with Crippen molar-refractivity contribution >= 4 is 0 Å². The van der Waals surface area contributed by atoms with Gasteiger partial charge < -0.3 is 9.47 Å². The molecule has 0 aliphatic carbocycles. The van der Waals surface area contributed by atoms with E-state index in [2.05, 4.69) is 30.8 Å². The van der Waals surface area contributed by atoms with Gasteiger partial charge in [-0.15, -0.1) is 0 Å². The van der Waals surface area contributed by atoms with Gasteiger partial charge in [-0.1, -0.05) is 41.0 Å². The van der Waals surface area contributed by atoms with Crippen LogP contribution in [0.25, 0.3) is 0 Å². The van der Waals surface area contributed by atoms with Crippen LogP contribution in [0.1, 0.15) is 46.6 Å². The van der Waals surface area contributed by atoms with Crippen molar-refractivity contribution in [3.63, 3.8) is 0 Å². The third-order valence-corrected chi connectivity index (χ3v) is 3.77. The second-order valence-corrected chi connectivity index (χ2v) is 5.49. The minimum atomic E-state index is 0.403. The third-order valence-electron chi connectivity index (χ3n) is 3.77. The molecule has 0 radical (unpaired) electrons. The molecule has 0 bridgehead atoms. The number of ether oxygens (including phenoxy) is 2. The van der Waals surface area contributed by atoms with Crippen molar-refractivity contribution in [3.8, 4) is 5.88 Å². The average Bonchev–Trinajstić information content (AvgIpc) is 2.91. The highest BCUT2D eigenvalue weighted by Gasteiger charge is 2.35. The van der Waals surface area contributed by atoms with E-state index < -0.39 is 0 Å². The Hall–Kier alpha value is -1.07. The van der Waals surface area contributed by atoms with Gasteiger partial charge in [0, 0.05) is 25.8 Å². The highest BCUT2D eigenvalue weighted by atomic mass is 16.5. The fourth-order valence-corrected chi connectivity index (χ4v) is 2.52. The van der Waals surface area contributed by atoms with Crippen LogP contribution < -0.4 is 4.74 Å². The molecule has 0 aromatic carbocycles. The normalized spacial score (nSPS) is 20.5. The number of hydrogen-bond donors (Lipinski definition) is 0. The predicted molar refractivity (Wildman–Crippen MR) is 90.6 cm³/mol. The highest BCUT2D eigenvalue weighted by Crippen LogP contribution is 2.26. The van der Waals surface area contributed by atoms with Crippen LogP contribution in [0.3, 0.4) is 0 Å². The van der Waals surface area contributed by atoms with Gasteiger partial charge in [0.25, 0.3) is 0 Å². The standard InChI is InChI=1S/C12H19N3O2.C3H8.C2H6/c1-3-9-4-13-15-5-10(8-17-12(9)15)14-6-11(7-14)16-2;1-3-2;1-2/h4,10-11H,3,5-8H2,1-2H3;3H2,1-2H3;1-2H3. The first-order chi connectivity index (χ1) is 10.7. The first-order valence-corrected chi connectivity index (χ1v) is 8.67. The summed E-state index contributed by atoms with van der Waals surface area (Å²) in [5.74, 6) is 0.965. The Bertz CT molecular complexity index is 414. The van der Waals surface area contributed by atoms with Crippen LogP contribution in [-0.4, -0.2) is 53.6 Å². The molecule has 128 valence electrons. The van der Waals surface area contributed by atoms with Gasteiger partial charge in [-0.2, -0.15) is 5.10 Å². The number of aryl methyl sites for hydroxylation is 1. The molecule has 1 atom stereocenters. The molecular formula is C17H33N3O2. The molecule has 1 fully saturated rings. The maximum Gasteiger partial charge on any atom is 0.215 e. The Morgan fingerprint density at radius 1 is 1.23 bits per heavy atom. The second-order valence-electron chi connectivity index (χ2n) is 5.49. The molecular weight excluding hydrogens is 278 g/mol. The maximum atomic E-state index is 5.84. The number of likely N-dealkylation sites (tertiary alicyclic amines) is 1. The van der Waals surface area contributed by atoms with Gasteiger partial charge in [-0.25, -0.2) is 4.68 Å². The summed E-state index contributed by atoms with van der Waals surface area (Å²) >= 11 is 0. The van der Waals surface area contributed by atoms with Crippen LogP contribution >= 0.6 is 0 Å². The van der Waals surface area contributed by atoms with Crippen molar-refractivity contribution in [1.29, 1.82) is 0 Å². The summed E-state index contributed by atoms with van der Waals surface area (Å²) in [6.07, 6.45) is 4.56. The molecule has 3 heterocycles. The number of hydrogen-bond acceptors (Lipinski definition) is 4. The third kappa shape index (κ3) is 4.46. The lowest BCUT2D eigenvalue weighted by atomic mass is 10.1. The number of nitrogens with zero attached hydrogens (tertiary/aromatic N) is 3. The zero-order chi connectivity index (χ0) is 16.5. The molecule has 0 saturated carbocycles. The van der Waals surface area contributed by atoms with Gasteiger partial charge in [0.15, 0.2) is 0 Å². The van der Waals surface area contributed by atoms with E-state index in [1.165, 1.54) is 12.0 Å². The minimum Gasteiger partial charge on any atom is -0.476 e. The van der Waals surface area contributed by atoms with E-state index in [0.717, 1.165) is 38.5 Å². The van der Waals surface area contributed by atoms with E-state index in [0.29, 0.717) is 12.1 Å². The summed E-state index contributed by atoms with van der Waals surface area (Å²) in [6.45, 7) is 14.1. The first-order valence-electron chi connectivity index (χ1n) is 8.67. The lowest BCUT2D eigenvalue weighted by molar-refractivity contribution is -0.0684. The van der Waals surface area contributed by atoms with Crippen LogP contribution in [0, 0.1) is 0 Å². The largest absolute Gasteiger partial charge is 0.476 e. The van der Waals surface area contributed by atoms with E-state index in [4.69, 9.17) is 9.47 Å². The molecule has 0 amide bonds. The summed E-state index contributed by atoms with van der Waals surface area (Å²) in [5, 5.41) is 4.39. The van der Waals surface area contributed by atoms with E-state index >= 15 is 0 Å². The van der Waals surface area contributed by atoms with Crippen molar-refractivity contribution in [3.05, 3.63) is 11.8 Å². The first kappa shape index (κ1) is 19.0. The Balaban J connectivity index is 0.000000435. The summed E-state index contributed by atoms with van der Waals surface area (Å²) < 4.78 is 13.1. The van der Waals surface area contributed by atoms with Crippen LogP contribution in [0.4, 0.5) is 0 Å². The average molecular weight is 311 g/mol. The van der Waals surface area contributed by atoms with Crippen molar-refractivity contribution in [2.24, 2.45) is 0 Å². The lowest BCUT2D eigenvalue weighted by Gasteiger charge is -2.44. The van der Waals surface area contributed by atoms with Crippen molar-refractivity contribution in [2.45, 2.75) is 66.2 Å². The molecule has 2 aliphatic heterocycles. The van der Waals surface area contributed by atoms with Crippen molar-refractivity contribution in [2.75, 3.05) is 26.8 Å². The topological polar surface area (TPSA) is 39.5 Å².